The van der Waals surface area contributed by atoms with E-state index in [0.717, 1.165) is 67.6 Å². The summed E-state index contributed by atoms with van der Waals surface area (Å²) >= 11 is 2.81. The van der Waals surface area contributed by atoms with Gasteiger partial charge in [0.05, 0.1) is 24.5 Å². The van der Waals surface area contributed by atoms with Gasteiger partial charge in [-0.1, -0.05) is 24.3 Å². The fourth-order valence-corrected chi connectivity index (χ4v) is 9.62. The minimum Gasteiger partial charge on any atom is -0.369 e. The van der Waals surface area contributed by atoms with Gasteiger partial charge in [0.15, 0.2) is 10.0 Å². The molecule has 6 heterocycles. The molecule has 14 heteroatoms. The van der Waals surface area contributed by atoms with Crippen LogP contribution in [0.15, 0.2) is 36.4 Å². The van der Waals surface area contributed by atoms with Crippen LogP contribution in [-0.2, 0) is 48.4 Å². The molecule has 0 spiro atoms. The van der Waals surface area contributed by atoms with Crippen LogP contribution in [0.5, 0.6) is 0 Å². The lowest BCUT2D eigenvalue weighted by molar-refractivity contribution is -0.120. The average molecular weight is 683 g/mol. The molecule has 0 radical (unpaired) electrons. The van der Waals surface area contributed by atoms with Crippen LogP contribution >= 0.6 is 22.7 Å². The zero-order chi connectivity index (χ0) is 33.1. The minimum atomic E-state index is -0.360. The monoisotopic (exact) mass is 682 g/mol. The van der Waals surface area contributed by atoms with E-state index in [-0.39, 0.29) is 36.7 Å². The van der Waals surface area contributed by atoms with E-state index in [1.807, 2.05) is 43.9 Å². The predicted octanol–water partition coefficient (Wildman–Crippen LogP) is 2.36. The van der Waals surface area contributed by atoms with E-state index < -0.39 is 0 Å². The highest BCUT2D eigenvalue weighted by molar-refractivity contribution is 7.14. The number of carbonyl (C=O) groups is 4. The first-order valence-electron chi connectivity index (χ1n) is 16.1. The van der Waals surface area contributed by atoms with E-state index in [9.17, 15) is 19.2 Å². The zero-order valence-corrected chi connectivity index (χ0v) is 27.9. The predicted molar refractivity (Wildman–Crippen MR) is 183 cm³/mol. The summed E-state index contributed by atoms with van der Waals surface area (Å²) < 4.78 is 0. The quantitative estimate of drug-likeness (QED) is 0.301. The van der Waals surface area contributed by atoms with Crippen molar-refractivity contribution in [2.75, 3.05) is 49.1 Å². The van der Waals surface area contributed by atoms with Crippen LogP contribution < -0.4 is 21.3 Å². The van der Waals surface area contributed by atoms with Gasteiger partial charge in [0.25, 0.3) is 11.8 Å². The average Bonchev–Trinajstić information content (AvgIpc) is 3.86. The molecule has 0 bridgehead atoms. The van der Waals surface area contributed by atoms with Crippen molar-refractivity contribution >= 4 is 57.7 Å². The molecule has 12 nitrogen and oxygen atoms in total. The SMILES string of the molecule is NC(=O)CN1CCc2nc(C(=O)N3CCc4c(-c5cccc6c5CCN6C(=O)c5nc6c(s5)CN(CC(N)=O)CC6)cccc43)sc2C1. The topological polar surface area (TPSA) is 159 Å². The molecule has 2 aromatic heterocycles. The Morgan fingerprint density at radius 2 is 1.06 bits per heavy atom. The summed E-state index contributed by atoms with van der Waals surface area (Å²) in [4.78, 5) is 69.6. The molecular formula is C34H34N8O4S2. The number of thiazole rings is 2. The normalized spacial score (nSPS) is 17.2. The summed E-state index contributed by atoms with van der Waals surface area (Å²) in [6, 6.07) is 12.2. The van der Waals surface area contributed by atoms with Crippen LogP contribution in [0, 0.1) is 0 Å². The summed E-state index contributed by atoms with van der Waals surface area (Å²) in [6.07, 6.45) is 2.81. The lowest BCUT2D eigenvalue weighted by atomic mass is 9.93. The second-order valence-electron chi connectivity index (χ2n) is 12.7. The molecule has 246 valence electrons. The zero-order valence-electron chi connectivity index (χ0n) is 26.2. The number of benzene rings is 2. The number of aromatic nitrogens is 2. The molecule has 4 amide bonds. The van der Waals surface area contributed by atoms with Gasteiger partial charge in [0, 0.05) is 73.2 Å². The van der Waals surface area contributed by atoms with Crippen molar-refractivity contribution in [3.63, 3.8) is 0 Å². The minimum absolute atomic E-state index is 0.106. The Morgan fingerprint density at radius 3 is 1.48 bits per heavy atom. The number of amides is 4. The highest BCUT2D eigenvalue weighted by Crippen LogP contribution is 2.43. The third-order valence-corrected chi connectivity index (χ3v) is 11.7. The molecule has 0 atom stereocenters. The van der Waals surface area contributed by atoms with Crippen LogP contribution in [0.2, 0.25) is 0 Å². The summed E-state index contributed by atoms with van der Waals surface area (Å²) in [5, 5.41) is 0.941. The molecule has 0 saturated heterocycles. The molecular weight excluding hydrogens is 649 g/mol. The van der Waals surface area contributed by atoms with Crippen LogP contribution in [0.25, 0.3) is 11.1 Å². The van der Waals surface area contributed by atoms with Crippen LogP contribution in [0.3, 0.4) is 0 Å². The van der Waals surface area contributed by atoms with E-state index in [0.29, 0.717) is 62.1 Å². The number of nitrogens with zero attached hydrogens (tertiary/aromatic N) is 6. The van der Waals surface area contributed by atoms with Crippen molar-refractivity contribution < 1.29 is 19.2 Å². The Kier molecular flexibility index (Phi) is 7.82. The van der Waals surface area contributed by atoms with E-state index in [2.05, 4.69) is 12.1 Å². The first kappa shape index (κ1) is 30.8. The van der Waals surface area contributed by atoms with Crippen LogP contribution in [-0.4, -0.2) is 82.7 Å². The Morgan fingerprint density at radius 1 is 0.625 bits per heavy atom. The Labute approximate surface area is 285 Å². The van der Waals surface area contributed by atoms with Gasteiger partial charge >= 0.3 is 0 Å². The van der Waals surface area contributed by atoms with E-state index in [1.165, 1.54) is 22.7 Å². The van der Waals surface area contributed by atoms with Crippen molar-refractivity contribution in [3.8, 4) is 11.1 Å². The van der Waals surface area contributed by atoms with E-state index >= 15 is 0 Å². The number of nitrogens with two attached hydrogens (primary N) is 2. The summed E-state index contributed by atoms with van der Waals surface area (Å²) in [6.45, 7) is 4.05. The number of hydrogen-bond donors (Lipinski definition) is 2. The fraction of sp³-hybridized carbons (Fsp3) is 0.353. The maximum atomic E-state index is 13.8. The smallest absolute Gasteiger partial charge is 0.287 e. The lowest BCUT2D eigenvalue weighted by Crippen LogP contribution is -2.37. The second-order valence-corrected chi connectivity index (χ2v) is 14.8. The second kappa shape index (κ2) is 12.2. The third-order valence-electron chi connectivity index (χ3n) is 9.58. The van der Waals surface area contributed by atoms with Gasteiger partial charge in [0.2, 0.25) is 11.8 Å². The number of fused-ring (bicyclic) bond motifs is 4. The molecule has 2 aromatic carbocycles. The third kappa shape index (κ3) is 5.48. The van der Waals surface area contributed by atoms with Crippen molar-refractivity contribution in [3.05, 3.63) is 78.7 Å². The number of anilines is 2. The molecule has 0 fully saturated rings. The van der Waals surface area contributed by atoms with Crippen LogP contribution in [0.4, 0.5) is 11.4 Å². The Bertz CT molecular complexity index is 1860. The number of carbonyl (C=O) groups excluding carboxylic acids is 4. The van der Waals surface area contributed by atoms with Crippen molar-refractivity contribution in [2.45, 2.75) is 38.8 Å². The van der Waals surface area contributed by atoms with Crippen molar-refractivity contribution in [1.82, 2.24) is 19.8 Å². The van der Waals surface area contributed by atoms with Gasteiger partial charge in [-0.15, -0.1) is 22.7 Å². The first-order chi connectivity index (χ1) is 23.2. The number of rotatable bonds is 7. The maximum absolute atomic E-state index is 13.8. The first-order valence-corrected chi connectivity index (χ1v) is 17.7. The molecule has 0 saturated carbocycles. The Hall–Kier alpha value is -4.50. The molecule has 8 rings (SSSR count). The van der Waals surface area contributed by atoms with E-state index in [1.54, 1.807) is 0 Å². The van der Waals surface area contributed by atoms with Gasteiger partial charge in [-0.2, -0.15) is 0 Å². The van der Waals surface area contributed by atoms with Gasteiger partial charge < -0.3 is 21.3 Å². The van der Waals surface area contributed by atoms with Gasteiger partial charge in [-0.05, 0) is 47.2 Å². The Balaban J connectivity index is 1.03. The van der Waals surface area contributed by atoms with Gasteiger partial charge in [0.1, 0.15) is 0 Å². The highest BCUT2D eigenvalue weighted by atomic mass is 32.1. The standard InChI is InChI=1S/C34H34N8O4S2/c35-29(43)17-39-11-9-23-27(15-39)47-31(37-23)33(45)41-13-7-21-19(3-1-5-25(21)41)20-4-2-6-26-22(20)8-14-42(26)34(46)32-38-24-10-12-40(18-30(36)44)16-28(24)48-32/h1-6H,7-18H2,(H2,35,43)(H2,36,44). The lowest BCUT2D eigenvalue weighted by Gasteiger charge is -2.24. The fourth-order valence-electron chi connectivity index (χ4n) is 7.42. The summed E-state index contributed by atoms with van der Waals surface area (Å²) in [5.41, 5.74) is 18.8. The highest BCUT2D eigenvalue weighted by Gasteiger charge is 2.34. The maximum Gasteiger partial charge on any atom is 0.287 e. The molecule has 48 heavy (non-hydrogen) atoms. The molecule has 4 aromatic rings. The molecule has 4 aliphatic rings. The van der Waals surface area contributed by atoms with Gasteiger partial charge in [-0.25, -0.2) is 9.97 Å². The van der Waals surface area contributed by atoms with Gasteiger partial charge in [-0.3, -0.25) is 29.0 Å². The van der Waals surface area contributed by atoms with Crippen LogP contribution in [0.1, 0.15) is 51.9 Å². The largest absolute Gasteiger partial charge is 0.369 e. The number of hydrogen-bond acceptors (Lipinski definition) is 10. The van der Waals surface area contributed by atoms with Crippen molar-refractivity contribution in [2.24, 2.45) is 11.5 Å². The summed E-state index contributed by atoms with van der Waals surface area (Å²) in [7, 11) is 0. The molecule has 4 N–H and O–H groups in total. The van der Waals surface area contributed by atoms with Crippen molar-refractivity contribution in [1.29, 1.82) is 0 Å². The molecule has 0 aliphatic carbocycles. The summed E-state index contributed by atoms with van der Waals surface area (Å²) in [5.74, 6) is -0.932. The molecule has 0 unspecified atom stereocenters. The van der Waals surface area contributed by atoms with E-state index in [4.69, 9.17) is 21.4 Å². The molecule has 4 aliphatic heterocycles. The number of primary amides is 2.